The molecule has 1 heterocycles. The third-order valence-corrected chi connectivity index (χ3v) is 3.09. The summed E-state index contributed by atoms with van der Waals surface area (Å²) in [5.74, 6) is 0.373. The number of hydrogen-bond donors (Lipinski definition) is 1. The maximum absolute atomic E-state index is 12.0. The molecule has 1 aromatic carbocycles. The van der Waals surface area contributed by atoms with Gasteiger partial charge in [0.2, 0.25) is 11.7 Å². The lowest BCUT2D eigenvalue weighted by Crippen LogP contribution is -2.33. The van der Waals surface area contributed by atoms with Gasteiger partial charge in [0.05, 0.1) is 4.99 Å². The van der Waals surface area contributed by atoms with Crippen molar-refractivity contribution < 1.29 is 4.79 Å². The molecule has 0 aliphatic carbocycles. The monoisotopic (exact) mass is 304 g/mol. The maximum Gasteiger partial charge on any atom is 0.246 e. The van der Waals surface area contributed by atoms with Crippen molar-refractivity contribution in [2.75, 3.05) is 13.6 Å². The Bertz CT molecular complexity index is 627. The van der Waals surface area contributed by atoms with Gasteiger partial charge in [0, 0.05) is 25.6 Å². The Morgan fingerprint density at radius 2 is 2.10 bits per heavy atom. The molecule has 110 valence electrons. The van der Waals surface area contributed by atoms with Gasteiger partial charge in [-0.05, 0) is 5.21 Å². The number of tetrazole rings is 1. The van der Waals surface area contributed by atoms with Crippen LogP contribution in [0.2, 0.25) is 0 Å². The van der Waals surface area contributed by atoms with Crippen molar-refractivity contribution in [2.24, 2.45) is 5.73 Å². The van der Waals surface area contributed by atoms with Gasteiger partial charge in [-0.3, -0.25) is 4.79 Å². The van der Waals surface area contributed by atoms with Crippen LogP contribution >= 0.6 is 12.2 Å². The van der Waals surface area contributed by atoms with E-state index < -0.39 is 0 Å². The van der Waals surface area contributed by atoms with Crippen LogP contribution in [0.5, 0.6) is 0 Å². The maximum atomic E-state index is 12.0. The second kappa shape index (κ2) is 6.89. The van der Waals surface area contributed by atoms with Crippen LogP contribution in [0.15, 0.2) is 30.3 Å². The van der Waals surface area contributed by atoms with Crippen LogP contribution in [-0.4, -0.2) is 49.6 Å². The molecule has 2 aromatic rings. The van der Waals surface area contributed by atoms with E-state index in [0.29, 0.717) is 23.8 Å². The number of rotatable bonds is 6. The van der Waals surface area contributed by atoms with E-state index in [2.05, 4.69) is 15.4 Å². The molecule has 0 radical (unpaired) electrons. The van der Waals surface area contributed by atoms with E-state index in [-0.39, 0.29) is 12.5 Å². The first-order chi connectivity index (χ1) is 10.1. The second-order valence-corrected chi connectivity index (χ2v) is 5.07. The van der Waals surface area contributed by atoms with E-state index >= 15 is 0 Å². The number of benzene rings is 1. The molecule has 1 aromatic heterocycles. The summed E-state index contributed by atoms with van der Waals surface area (Å²) in [5, 5.41) is 12.0. The number of thiocarbonyl (C=S) groups is 1. The van der Waals surface area contributed by atoms with Gasteiger partial charge in [-0.2, -0.15) is 4.80 Å². The second-order valence-electron chi connectivity index (χ2n) is 4.54. The lowest BCUT2D eigenvalue weighted by molar-refractivity contribution is -0.130. The van der Waals surface area contributed by atoms with E-state index in [1.807, 2.05) is 30.3 Å². The molecule has 0 aliphatic rings. The molecule has 8 heteroatoms. The molecule has 0 spiro atoms. The molecule has 0 aliphatic heterocycles. The average Bonchev–Trinajstić information content (AvgIpc) is 2.94. The number of nitrogens with zero attached hydrogens (tertiary/aromatic N) is 5. The van der Waals surface area contributed by atoms with Crippen molar-refractivity contribution in [3.8, 4) is 11.4 Å². The van der Waals surface area contributed by atoms with Crippen LogP contribution in [0, 0.1) is 0 Å². The van der Waals surface area contributed by atoms with Gasteiger partial charge in [-0.15, -0.1) is 10.2 Å². The predicted octanol–water partition coefficient (Wildman–Crippen LogP) is 0.475. The molecule has 0 saturated carbocycles. The van der Waals surface area contributed by atoms with Gasteiger partial charge in [0.1, 0.15) is 6.54 Å². The van der Waals surface area contributed by atoms with Crippen molar-refractivity contribution in [1.29, 1.82) is 0 Å². The summed E-state index contributed by atoms with van der Waals surface area (Å²) < 4.78 is 0. The first-order valence-electron chi connectivity index (χ1n) is 6.42. The smallest absolute Gasteiger partial charge is 0.246 e. The normalized spacial score (nSPS) is 10.3. The topological polar surface area (TPSA) is 89.9 Å². The summed E-state index contributed by atoms with van der Waals surface area (Å²) in [7, 11) is 1.69. The fraction of sp³-hybridized carbons (Fsp3) is 0.308. The van der Waals surface area contributed by atoms with E-state index in [4.69, 9.17) is 18.0 Å². The Morgan fingerprint density at radius 1 is 1.38 bits per heavy atom. The highest BCUT2D eigenvalue weighted by atomic mass is 32.1. The van der Waals surface area contributed by atoms with Gasteiger partial charge >= 0.3 is 0 Å². The van der Waals surface area contributed by atoms with Crippen LogP contribution in [-0.2, 0) is 11.3 Å². The molecular weight excluding hydrogens is 288 g/mol. The summed E-state index contributed by atoms with van der Waals surface area (Å²) in [6.07, 6.45) is 0.498. The Labute approximate surface area is 127 Å². The van der Waals surface area contributed by atoms with E-state index in [1.54, 1.807) is 11.9 Å². The van der Waals surface area contributed by atoms with E-state index in [9.17, 15) is 4.79 Å². The van der Waals surface area contributed by atoms with E-state index in [1.165, 1.54) is 4.80 Å². The van der Waals surface area contributed by atoms with Crippen molar-refractivity contribution in [1.82, 2.24) is 25.1 Å². The average molecular weight is 304 g/mol. The third-order valence-electron chi connectivity index (χ3n) is 2.88. The first kappa shape index (κ1) is 15.0. The molecule has 21 heavy (non-hydrogen) atoms. The van der Waals surface area contributed by atoms with Crippen LogP contribution in [0.3, 0.4) is 0 Å². The molecule has 2 rings (SSSR count). The summed E-state index contributed by atoms with van der Waals surface area (Å²) >= 11 is 4.79. The zero-order valence-corrected chi connectivity index (χ0v) is 12.5. The lowest BCUT2D eigenvalue weighted by atomic mass is 10.2. The highest BCUT2D eigenvalue weighted by molar-refractivity contribution is 7.80. The standard InChI is InChI=1S/C13H16N6OS/c1-18(8-7-11(14)21)12(20)9-19-16-13(15-17-19)10-5-3-2-4-6-10/h2-6H,7-9H2,1H3,(H2,14,21). The van der Waals surface area contributed by atoms with Crippen molar-refractivity contribution >= 4 is 23.1 Å². The van der Waals surface area contributed by atoms with Gasteiger partial charge in [0.15, 0.2) is 0 Å². The molecule has 0 bridgehead atoms. The summed E-state index contributed by atoms with van der Waals surface area (Å²) in [5.41, 5.74) is 6.27. The van der Waals surface area contributed by atoms with Crippen molar-refractivity contribution in [3.63, 3.8) is 0 Å². The quantitative estimate of drug-likeness (QED) is 0.781. The minimum Gasteiger partial charge on any atom is -0.393 e. The Hall–Kier alpha value is -2.35. The minimum atomic E-state index is -0.122. The molecule has 0 atom stereocenters. The number of carbonyl (C=O) groups excluding carboxylic acids is 1. The molecular formula is C13H16N6OS. The molecule has 7 nitrogen and oxygen atoms in total. The van der Waals surface area contributed by atoms with Crippen LogP contribution in [0.25, 0.3) is 11.4 Å². The fourth-order valence-electron chi connectivity index (χ4n) is 1.66. The Morgan fingerprint density at radius 3 is 2.76 bits per heavy atom. The number of aromatic nitrogens is 4. The number of amides is 1. The predicted molar refractivity (Wildman–Crippen MR) is 82.3 cm³/mol. The first-order valence-corrected chi connectivity index (χ1v) is 6.82. The van der Waals surface area contributed by atoms with Crippen LogP contribution < -0.4 is 5.73 Å². The lowest BCUT2D eigenvalue weighted by Gasteiger charge is -2.15. The molecule has 0 fully saturated rings. The molecule has 0 unspecified atom stereocenters. The summed E-state index contributed by atoms with van der Waals surface area (Å²) in [6, 6.07) is 9.47. The highest BCUT2D eigenvalue weighted by Gasteiger charge is 2.12. The largest absolute Gasteiger partial charge is 0.393 e. The van der Waals surface area contributed by atoms with Crippen molar-refractivity contribution in [3.05, 3.63) is 30.3 Å². The molecule has 0 saturated heterocycles. The number of carbonyl (C=O) groups is 1. The van der Waals surface area contributed by atoms with Crippen LogP contribution in [0.4, 0.5) is 0 Å². The minimum absolute atomic E-state index is 0.0354. The fourth-order valence-corrected chi connectivity index (χ4v) is 1.75. The van der Waals surface area contributed by atoms with Crippen molar-refractivity contribution in [2.45, 2.75) is 13.0 Å². The van der Waals surface area contributed by atoms with Gasteiger partial charge in [-0.25, -0.2) is 0 Å². The number of likely N-dealkylation sites (N-methyl/N-ethyl adjacent to an activating group) is 1. The van der Waals surface area contributed by atoms with E-state index in [0.717, 1.165) is 5.56 Å². The zero-order chi connectivity index (χ0) is 15.2. The summed E-state index contributed by atoms with van der Waals surface area (Å²) in [4.78, 5) is 15.2. The molecule has 2 N–H and O–H groups in total. The van der Waals surface area contributed by atoms with Crippen LogP contribution in [0.1, 0.15) is 6.42 Å². The SMILES string of the molecule is CN(CCC(N)=S)C(=O)Cn1nnc(-c2ccccc2)n1. The Kier molecular flexibility index (Phi) is 4.94. The number of hydrogen-bond acceptors (Lipinski definition) is 5. The van der Waals surface area contributed by atoms with Gasteiger partial charge in [0.25, 0.3) is 0 Å². The van der Waals surface area contributed by atoms with Gasteiger partial charge < -0.3 is 10.6 Å². The zero-order valence-electron chi connectivity index (χ0n) is 11.6. The van der Waals surface area contributed by atoms with Gasteiger partial charge in [-0.1, -0.05) is 42.5 Å². The highest BCUT2D eigenvalue weighted by Crippen LogP contribution is 2.11. The third kappa shape index (κ3) is 4.32. The molecule has 1 amide bonds. The number of nitrogens with two attached hydrogens (primary N) is 1. The Balaban J connectivity index is 1.96. The summed E-state index contributed by atoms with van der Waals surface area (Å²) in [6.45, 7) is 0.516.